The van der Waals surface area contributed by atoms with Gasteiger partial charge in [-0.05, 0) is 26.2 Å². The number of hydrogen-bond acceptors (Lipinski definition) is 6. The van der Waals surface area contributed by atoms with Gasteiger partial charge in [0.15, 0.2) is 0 Å². The lowest BCUT2D eigenvalue weighted by Crippen LogP contribution is -2.54. The second-order valence-electron chi connectivity index (χ2n) is 7.56. The molecular formula is C18H27N5O3. The Morgan fingerprint density at radius 3 is 2.85 bits per heavy atom. The number of aromatic nitrogens is 2. The average molecular weight is 361 g/mol. The van der Waals surface area contributed by atoms with E-state index in [1.165, 1.54) is 0 Å². The first-order valence-electron chi connectivity index (χ1n) is 9.60. The standard InChI is InChI=1S/C18H27N5O3/c1-12-9-19-15(11-26-12)17(25)23-7-4-13(10-23)14-8-16(24)21-18(20-14)22-5-2-3-6-22/h8,12-13,15,19H,2-7,9-11H2,1H3,(H,20,21,24)/t12-,13?,15-/m0/s1. The molecule has 4 heterocycles. The SMILES string of the molecule is C[C@H]1CN[C@H](C(=O)N2CCC(c3cc(=O)[nH]c(N4CCCC4)n3)C2)CO1. The molecule has 3 atom stereocenters. The summed E-state index contributed by atoms with van der Waals surface area (Å²) in [6, 6.07) is 1.32. The normalized spacial score (nSPS) is 29.3. The van der Waals surface area contributed by atoms with Crippen LogP contribution in [0.2, 0.25) is 0 Å². The van der Waals surface area contributed by atoms with Gasteiger partial charge in [0.25, 0.3) is 5.56 Å². The molecule has 0 saturated carbocycles. The predicted octanol–water partition coefficient (Wildman–Crippen LogP) is 0.0629. The number of hydrogen-bond donors (Lipinski definition) is 2. The van der Waals surface area contributed by atoms with Crippen LogP contribution in [0.4, 0.5) is 5.95 Å². The summed E-state index contributed by atoms with van der Waals surface area (Å²) in [5.74, 6) is 0.876. The third kappa shape index (κ3) is 3.61. The number of nitrogens with zero attached hydrogens (tertiary/aromatic N) is 3. The zero-order valence-electron chi connectivity index (χ0n) is 15.2. The lowest BCUT2D eigenvalue weighted by molar-refractivity contribution is -0.136. The minimum absolute atomic E-state index is 0.0870. The highest BCUT2D eigenvalue weighted by molar-refractivity contribution is 5.82. The molecule has 3 fully saturated rings. The molecule has 0 spiro atoms. The van der Waals surface area contributed by atoms with Gasteiger partial charge in [-0.3, -0.25) is 14.6 Å². The fourth-order valence-corrected chi connectivity index (χ4v) is 4.02. The topological polar surface area (TPSA) is 90.6 Å². The second kappa shape index (κ2) is 7.36. The highest BCUT2D eigenvalue weighted by Gasteiger charge is 2.34. The largest absolute Gasteiger partial charge is 0.375 e. The first-order chi connectivity index (χ1) is 12.6. The van der Waals surface area contributed by atoms with Gasteiger partial charge in [0.05, 0.1) is 18.4 Å². The smallest absolute Gasteiger partial charge is 0.252 e. The Kier molecular flexibility index (Phi) is 4.95. The molecule has 8 heteroatoms. The molecule has 4 rings (SSSR count). The minimum atomic E-state index is -0.266. The first kappa shape index (κ1) is 17.5. The fraction of sp³-hybridized carbons (Fsp3) is 0.722. The van der Waals surface area contributed by atoms with Crippen LogP contribution in [0.15, 0.2) is 10.9 Å². The number of H-pyrrole nitrogens is 1. The van der Waals surface area contributed by atoms with Gasteiger partial charge in [0, 0.05) is 44.7 Å². The van der Waals surface area contributed by atoms with Gasteiger partial charge in [-0.15, -0.1) is 0 Å². The summed E-state index contributed by atoms with van der Waals surface area (Å²) in [6.07, 6.45) is 3.25. The minimum Gasteiger partial charge on any atom is -0.375 e. The number of likely N-dealkylation sites (tertiary alicyclic amines) is 1. The Balaban J connectivity index is 1.43. The fourth-order valence-electron chi connectivity index (χ4n) is 4.02. The summed E-state index contributed by atoms with van der Waals surface area (Å²) in [5.41, 5.74) is 0.686. The Hall–Kier alpha value is -1.93. The Bertz CT molecular complexity index is 707. The summed E-state index contributed by atoms with van der Waals surface area (Å²) < 4.78 is 5.60. The Morgan fingerprint density at radius 2 is 2.12 bits per heavy atom. The van der Waals surface area contributed by atoms with Crippen LogP contribution >= 0.6 is 0 Å². The van der Waals surface area contributed by atoms with Gasteiger partial charge < -0.3 is 19.9 Å². The van der Waals surface area contributed by atoms with Crippen molar-refractivity contribution >= 4 is 11.9 Å². The van der Waals surface area contributed by atoms with Crippen LogP contribution in [-0.4, -0.2) is 72.3 Å². The highest BCUT2D eigenvalue weighted by Crippen LogP contribution is 2.27. The predicted molar refractivity (Wildman–Crippen MR) is 97.4 cm³/mol. The number of nitrogens with one attached hydrogen (secondary N) is 2. The van der Waals surface area contributed by atoms with Crippen molar-refractivity contribution in [3.8, 4) is 0 Å². The van der Waals surface area contributed by atoms with Crippen molar-refractivity contribution in [2.24, 2.45) is 0 Å². The summed E-state index contributed by atoms with van der Waals surface area (Å²) in [4.78, 5) is 36.4. The average Bonchev–Trinajstić information content (AvgIpc) is 3.33. The molecule has 0 bridgehead atoms. The Morgan fingerprint density at radius 1 is 1.31 bits per heavy atom. The molecule has 1 aromatic rings. The van der Waals surface area contributed by atoms with E-state index in [4.69, 9.17) is 9.72 Å². The molecule has 0 aliphatic carbocycles. The van der Waals surface area contributed by atoms with Gasteiger partial charge >= 0.3 is 0 Å². The van der Waals surface area contributed by atoms with Gasteiger partial charge in [-0.25, -0.2) is 4.98 Å². The summed E-state index contributed by atoms with van der Waals surface area (Å²) in [7, 11) is 0. The third-order valence-electron chi connectivity index (χ3n) is 5.57. The number of anilines is 1. The molecular weight excluding hydrogens is 334 g/mol. The van der Waals surface area contributed by atoms with Crippen LogP contribution in [0.25, 0.3) is 0 Å². The maximum atomic E-state index is 12.7. The Labute approximate surface area is 152 Å². The van der Waals surface area contributed by atoms with Gasteiger partial charge in [-0.1, -0.05) is 0 Å². The van der Waals surface area contributed by atoms with Crippen LogP contribution in [0.1, 0.15) is 37.8 Å². The number of aromatic amines is 1. The highest BCUT2D eigenvalue weighted by atomic mass is 16.5. The maximum absolute atomic E-state index is 12.7. The summed E-state index contributed by atoms with van der Waals surface area (Å²) >= 11 is 0. The van der Waals surface area contributed by atoms with E-state index in [0.717, 1.165) is 38.0 Å². The van der Waals surface area contributed by atoms with Crippen LogP contribution in [0.5, 0.6) is 0 Å². The van der Waals surface area contributed by atoms with Crippen molar-refractivity contribution in [1.82, 2.24) is 20.2 Å². The molecule has 26 heavy (non-hydrogen) atoms. The van der Waals surface area contributed by atoms with E-state index in [9.17, 15) is 9.59 Å². The van der Waals surface area contributed by atoms with Crippen LogP contribution in [0, 0.1) is 0 Å². The lowest BCUT2D eigenvalue weighted by atomic mass is 10.0. The van der Waals surface area contributed by atoms with Crippen LogP contribution in [0.3, 0.4) is 0 Å². The number of rotatable bonds is 3. The van der Waals surface area contributed by atoms with Crippen molar-refractivity contribution in [1.29, 1.82) is 0 Å². The molecule has 1 aromatic heterocycles. The zero-order valence-corrected chi connectivity index (χ0v) is 15.2. The van der Waals surface area contributed by atoms with Crippen LogP contribution in [-0.2, 0) is 9.53 Å². The molecule has 3 aliphatic rings. The van der Waals surface area contributed by atoms with Gasteiger partial charge in [0.1, 0.15) is 6.04 Å². The molecule has 3 aliphatic heterocycles. The number of amides is 1. The number of ether oxygens (including phenoxy) is 1. The van der Waals surface area contributed by atoms with Gasteiger partial charge in [0.2, 0.25) is 11.9 Å². The number of carbonyl (C=O) groups excluding carboxylic acids is 1. The number of morpholine rings is 1. The molecule has 1 unspecified atom stereocenters. The van der Waals surface area contributed by atoms with Crippen LogP contribution < -0.4 is 15.8 Å². The molecule has 2 N–H and O–H groups in total. The van der Waals surface area contributed by atoms with E-state index in [2.05, 4.69) is 15.2 Å². The summed E-state index contributed by atoms with van der Waals surface area (Å²) in [6.45, 7) is 6.30. The quantitative estimate of drug-likeness (QED) is 0.791. The molecule has 0 radical (unpaired) electrons. The monoisotopic (exact) mass is 361 g/mol. The first-order valence-corrected chi connectivity index (χ1v) is 9.60. The molecule has 0 aromatic carbocycles. The second-order valence-corrected chi connectivity index (χ2v) is 7.56. The van der Waals surface area contributed by atoms with Crippen molar-refractivity contribution in [2.75, 3.05) is 44.2 Å². The maximum Gasteiger partial charge on any atom is 0.252 e. The van der Waals surface area contributed by atoms with E-state index in [-0.39, 0.29) is 29.5 Å². The van der Waals surface area contributed by atoms with Crippen molar-refractivity contribution in [3.63, 3.8) is 0 Å². The molecule has 1 amide bonds. The van der Waals surface area contributed by atoms with E-state index >= 15 is 0 Å². The molecule has 8 nitrogen and oxygen atoms in total. The third-order valence-corrected chi connectivity index (χ3v) is 5.57. The summed E-state index contributed by atoms with van der Waals surface area (Å²) in [5, 5.41) is 3.26. The van der Waals surface area contributed by atoms with E-state index < -0.39 is 0 Å². The number of carbonyl (C=O) groups is 1. The van der Waals surface area contributed by atoms with Crippen molar-refractivity contribution in [2.45, 2.75) is 44.2 Å². The van der Waals surface area contributed by atoms with Crippen molar-refractivity contribution in [3.05, 3.63) is 22.1 Å². The van der Waals surface area contributed by atoms with Gasteiger partial charge in [-0.2, -0.15) is 0 Å². The van der Waals surface area contributed by atoms with E-state index in [1.54, 1.807) is 6.07 Å². The zero-order chi connectivity index (χ0) is 18.1. The molecule has 3 saturated heterocycles. The van der Waals surface area contributed by atoms with E-state index in [0.29, 0.717) is 32.2 Å². The van der Waals surface area contributed by atoms with E-state index in [1.807, 2.05) is 11.8 Å². The molecule has 142 valence electrons. The van der Waals surface area contributed by atoms with Crippen molar-refractivity contribution < 1.29 is 9.53 Å². The lowest BCUT2D eigenvalue weighted by Gasteiger charge is -2.30.